The molecular weight excluding hydrogens is 204 g/mol. The minimum atomic E-state index is -0.717. The summed E-state index contributed by atoms with van der Waals surface area (Å²) >= 11 is 0. The van der Waals surface area contributed by atoms with E-state index in [1.807, 2.05) is 0 Å². The topological polar surface area (TPSA) is 66.6 Å². The van der Waals surface area contributed by atoms with E-state index in [4.69, 9.17) is 5.73 Å². The quantitative estimate of drug-likeness (QED) is 0.747. The molecule has 4 heteroatoms. The van der Waals surface area contributed by atoms with Crippen LogP contribution < -0.4 is 5.73 Å². The van der Waals surface area contributed by atoms with Crippen molar-refractivity contribution in [2.75, 3.05) is 13.1 Å². The van der Waals surface area contributed by atoms with Crippen LogP contribution in [-0.2, 0) is 4.79 Å². The third kappa shape index (κ3) is 3.46. The number of nitrogens with two attached hydrogens (primary N) is 1. The van der Waals surface area contributed by atoms with Crippen LogP contribution in [0.1, 0.15) is 45.4 Å². The zero-order valence-electron chi connectivity index (χ0n) is 10.2. The third-order valence-electron chi connectivity index (χ3n) is 3.52. The fourth-order valence-electron chi connectivity index (χ4n) is 2.64. The van der Waals surface area contributed by atoms with Gasteiger partial charge >= 0.3 is 5.97 Å². The van der Waals surface area contributed by atoms with Gasteiger partial charge in [0.05, 0.1) is 0 Å². The lowest BCUT2D eigenvalue weighted by Gasteiger charge is -2.34. The van der Waals surface area contributed by atoms with Gasteiger partial charge in [0.1, 0.15) is 6.04 Å². The second-order valence-corrected chi connectivity index (χ2v) is 4.58. The number of carboxylic acids is 1. The monoisotopic (exact) mass is 228 g/mol. The van der Waals surface area contributed by atoms with Gasteiger partial charge in [-0.25, -0.2) is 0 Å². The molecule has 0 bridgehead atoms. The molecule has 0 aromatic rings. The molecule has 0 aromatic carbocycles. The largest absolute Gasteiger partial charge is 0.480 e. The molecule has 1 fully saturated rings. The number of rotatable bonds is 5. The summed E-state index contributed by atoms with van der Waals surface area (Å²) < 4.78 is 0. The molecule has 16 heavy (non-hydrogen) atoms. The minimum absolute atomic E-state index is 0.381. The smallest absolute Gasteiger partial charge is 0.320 e. The van der Waals surface area contributed by atoms with Gasteiger partial charge in [-0.15, -0.1) is 0 Å². The Morgan fingerprint density at radius 2 is 2.25 bits per heavy atom. The van der Waals surface area contributed by atoms with Crippen LogP contribution >= 0.6 is 0 Å². The van der Waals surface area contributed by atoms with Gasteiger partial charge < -0.3 is 10.8 Å². The van der Waals surface area contributed by atoms with Crippen molar-refractivity contribution in [1.82, 2.24) is 4.90 Å². The van der Waals surface area contributed by atoms with Gasteiger partial charge in [-0.2, -0.15) is 0 Å². The fraction of sp³-hybridized carbons (Fsp3) is 0.917. The summed E-state index contributed by atoms with van der Waals surface area (Å²) in [7, 11) is 0. The van der Waals surface area contributed by atoms with Crippen LogP contribution in [0.2, 0.25) is 0 Å². The molecule has 2 atom stereocenters. The molecule has 0 aliphatic carbocycles. The van der Waals surface area contributed by atoms with Crippen LogP contribution in [0.4, 0.5) is 0 Å². The molecule has 1 aliphatic heterocycles. The highest BCUT2D eigenvalue weighted by atomic mass is 16.4. The van der Waals surface area contributed by atoms with E-state index in [9.17, 15) is 9.90 Å². The molecule has 3 N–H and O–H groups in total. The van der Waals surface area contributed by atoms with Crippen molar-refractivity contribution in [3.8, 4) is 0 Å². The number of hydrogen-bond acceptors (Lipinski definition) is 3. The normalized spacial score (nSPS) is 25.0. The molecule has 0 radical (unpaired) electrons. The first-order valence-corrected chi connectivity index (χ1v) is 6.39. The molecule has 0 aromatic heterocycles. The zero-order valence-corrected chi connectivity index (χ0v) is 10.2. The first kappa shape index (κ1) is 13.5. The Labute approximate surface area is 97.8 Å². The van der Waals surface area contributed by atoms with Crippen molar-refractivity contribution in [3.63, 3.8) is 0 Å². The van der Waals surface area contributed by atoms with Gasteiger partial charge in [0.15, 0.2) is 0 Å². The molecule has 4 nitrogen and oxygen atoms in total. The number of nitrogens with zero attached hydrogens (tertiary/aromatic N) is 1. The van der Waals surface area contributed by atoms with Crippen molar-refractivity contribution in [2.24, 2.45) is 5.73 Å². The summed E-state index contributed by atoms with van der Waals surface area (Å²) in [5.74, 6) is -0.717. The number of carboxylic acid groups (broad SMARTS) is 1. The average Bonchev–Trinajstić information content (AvgIpc) is 2.50. The van der Waals surface area contributed by atoms with Crippen molar-refractivity contribution in [3.05, 3.63) is 0 Å². The summed E-state index contributed by atoms with van der Waals surface area (Å²) in [6.45, 7) is 3.50. The van der Waals surface area contributed by atoms with Gasteiger partial charge in [-0.1, -0.05) is 19.8 Å². The Morgan fingerprint density at radius 3 is 2.81 bits per heavy atom. The van der Waals surface area contributed by atoms with Crippen LogP contribution in [0, 0.1) is 0 Å². The molecule has 1 rings (SSSR count). The second kappa shape index (κ2) is 6.86. The van der Waals surface area contributed by atoms with E-state index in [1.54, 1.807) is 0 Å². The summed E-state index contributed by atoms with van der Waals surface area (Å²) in [5.41, 5.74) is 5.51. The number of hydrogen-bond donors (Lipinski definition) is 2. The maximum absolute atomic E-state index is 11.3. The van der Waals surface area contributed by atoms with E-state index >= 15 is 0 Å². The predicted molar refractivity (Wildman–Crippen MR) is 64.3 cm³/mol. The molecule has 0 amide bonds. The van der Waals surface area contributed by atoms with E-state index in [0.717, 1.165) is 25.8 Å². The summed E-state index contributed by atoms with van der Waals surface area (Å²) in [6.07, 6.45) is 6.29. The third-order valence-corrected chi connectivity index (χ3v) is 3.52. The van der Waals surface area contributed by atoms with Crippen LogP contribution in [0.3, 0.4) is 0 Å². The summed E-state index contributed by atoms with van der Waals surface area (Å²) in [6, 6.07) is 0.0446. The Kier molecular flexibility index (Phi) is 5.77. The van der Waals surface area contributed by atoms with Gasteiger partial charge in [-0.05, 0) is 38.8 Å². The highest BCUT2D eigenvalue weighted by molar-refractivity contribution is 5.73. The van der Waals surface area contributed by atoms with Gasteiger partial charge in [-0.3, -0.25) is 9.69 Å². The SMILES string of the molecule is CCC1CCCCCN1C(CCN)C(=O)O. The number of carbonyl (C=O) groups is 1. The molecular formula is C12H24N2O2. The van der Waals surface area contributed by atoms with Gasteiger partial charge in [0.25, 0.3) is 0 Å². The van der Waals surface area contributed by atoms with Crippen LogP contribution in [-0.4, -0.2) is 41.1 Å². The molecule has 1 saturated heterocycles. The highest BCUT2D eigenvalue weighted by Crippen LogP contribution is 2.22. The highest BCUT2D eigenvalue weighted by Gasteiger charge is 2.30. The lowest BCUT2D eigenvalue weighted by Crippen LogP contribution is -2.47. The van der Waals surface area contributed by atoms with Crippen LogP contribution in [0.15, 0.2) is 0 Å². The molecule has 2 unspecified atom stereocenters. The minimum Gasteiger partial charge on any atom is -0.480 e. The first-order valence-electron chi connectivity index (χ1n) is 6.39. The predicted octanol–water partition coefficient (Wildman–Crippen LogP) is 1.44. The second-order valence-electron chi connectivity index (χ2n) is 4.58. The maximum atomic E-state index is 11.3. The van der Waals surface area contributed by atoms with Crippen molar-refractivity contribution in [2.45, 2.75) is 57.5 Å². The van der Waals surface area contributed by atoms with Crippen molar-refractivity contribution < 1.29 is 9.90 Å². The molecule has 1 heterocycles. The zero-order chi connectivity index (χ0) is 12.0. The summed E-state index contributed by atoms with van der Waals surface area (Å²) in [4.78, 5) is 13.4. The molecule has 0 saturated carbocycles. The van der Waals surface area contributed by atoms with E-state index in [-0.39, 0.29) is 6.04 Å². The van der Waals surface area contributed by atoms with E-state index < -0.39 is 5.97 Å². The standard InChI is InChI=1S/C12H24N2O2/c1-2-10-6-4-3-5-9-14(10)11(7-8-13)12(15)16/h10-11H,2-9,13H2,1H3,(H,15,16). The molecule has 94 valence electrons. The molecule has 1 aliphatic rings. The number of aliphatic carboxylic acids is 1. The maximum Gasteiger partial charge on any atom is 0.320 e. The Balaban J connectivity index is 2.72. The van der Waals surface area contributed by atoms with Crippen LogP contribution in [0.5, 0.6) is 0 Å². The van der Waals surface area contributed by atoms with E-state index in [1.165, 1.54) is 12.8 Å². The Bertz CT molecular complexity index is 221. The average molecular weight is 228 g/mol. The lowest BCUT2D eigenvalue weighted by atomic mass is 10.0. The summed E-state index contributed by atoms with van der Waals surface area (Å²) in [5, 5.41) is 9.26. The van der Waals surface area contributed by atoms with E-state index in [0.29, 0.717) is 19.0 Å². The fourth-order valence-corrected chi connectivity index (χ4v) is 2.64. The van der Waals surface area contributed by atoms with Gasteiger partial charge in [0, 0.05) is 6.04 Å². The van der Waals surface area contributed by atoms with E-state index in [2.05, 4.69) is 11.8 Å². The van der Waals surface area contributed by atoms with Crippen molar-refractivity contribution >= 4 is 5.97 Å². The van der Waals surface area contributed by atoms with Crippen LogP contribution in [0.25, 0.3) is 0 Å². The lowest BCUT2D eigenvalue weighted by molar-refractivity contribution is -0.144. The van der Waals surface area contributed by atoms with Crippen molar-refractivity contribution in [1.29, 1.82) is 0 Å². The molecule has 0 spiro atoms. The van der Waals surface area contributed by atoms with Gasteiger partial charge in [0.2, 0.25) is 0 Å². The Hall–Kier alpha value is -0.610. The Morgan fingerprint density at radius 1 is 1.50 bits per heavy atom. The number of likely N-dealkylation sites (tertiary alicyclic amines) is 1. The first-order chi connectivity index (χ1) is 7.70.